The smallest absolute Gasteiger partial charge is 0.0573 e. The monoisotopic (exact) mass is 232 g/mol. The van der Waals surface area contributed by atoms with Gasteiger partial charge in [0.1, 0.15) is 0 Å². The molecule has 17 heavy (non-hydrogen) atoms. The van der Waals surface area contributed by atoms with Crippen molar-refractivity contribution in [1.82, 2.24) is 4.90 Å². The molecule has 0 amide bonds. The van der Waals surface area contributed by atoms with Gasteiger partial charge in [-0.3, -0.25) is 0 Å². The van der Waals surface area contributed by atoms with Crippen molar-refractivity contribution in [1.29, 1.82) is 0 Å². The predicted octanol–water partition coefficient (Wildman–Crippen LogP) is 2.76. The Hall–Kier alpha value is -1.12. The number of likely N-dealkylation sites (N-methyl/N-ethyl adjacent to an activating group) is 1. The molecule has 2 N–H and O–H groups in total. The molecule has 0 saturated heterocycles. The van der Waals surface area contributed by atoms with Gasteiger partial charge in [0.2, 0.25) is 0 Å². The normalized spacial score (nSPS) is 14.6. The summed E-state index contributed by atoms with van der Waals surface area (Å²) in [5, 5.41) is 0. The van der Waals surface area contributed by atoms with Crippen LogP contribution in [-0.4, -0.2) is 24.5 Å². The fourth-order valence-electron chi connectivity index (χ4n) is 2.15. The van der Waals surface area contributed by atoms with Crippen LogP contribution in [0.5, 0.6) is 0 Å². The number of nitrogens with zero attached hydrogens (tertiary/aromatic N) is 1. The molecule has 0 fully saturated rings. The van der Waals surface area contributed by atoms with E-state index >= 15 is 0 Å². The van der Waals surface area contributed by atoms with Gasteiger partial charge in [-0.1, -0.05) is 50.3 Å². The summed E-state index contributed by atoms with van der Waals surface area (Å²) in [6.07, 6.45) is 2.71. The molecule has 2 nitrogen and oxygen atoms in total. The van der Waals surface area contributed by atoms with Crippen LogP contribution in [0.15, 0.2) is 43.0 Å². The molecule has 0 spiro atoms. The topological polar surface area (TPSA) is 29.3 Å². The highest BCUT2D eigenvalue weighted by Gasteiger charge is 2.27. The molecular formula is C15H24N2. The van der Waals surface area contributed by atoms with E-state index in [0.29, 0.717) is 0 Å². The first kappa shape index (κ1) is 13.9. The molecule has 0 aliphatic heterocycles. The minimum absolute atomic E-state index is 0.324. The van der Waals surface area contributed by atoms with Gasteiger partial charge in [-0.2, -0.15) is 0 Å². The molecule has 0 radical (unpaired) electrons. The zero-order chi connectivity index (χ0) is 12.7. The summed E-state index contributed by atoms with van der Waals surface area (Å²) in [7, 11) is 0. The molecule has 1 unspecified atom stereocenters. The zero-order valence-corrected chi connectivity index (χ0v) is 11.0. The molecule has 1 rings (SSSR count). The minimum Gasteiger partial charge on any atom is -0.320 e. The van der Waals surface area contributed by atoms with E-state index in [4.69, 9.17) is 5.73 Å². The van der Waals surface area contributed by atoms with Gasteiger partial charge in [-0.15, -0.1) is 6.58 Å². The van der Waals surface area contributed by atoms with Crippen molar-refractivity contribution in [2.75, 3.05) is 19.6 Å². The maximum absolute atomic E-state index is 6.57. The minimum atomic E-state index is -0.324. The van der Waals surface area contributed by atoms with Gasteiger partial charge in [0, 0.05) is 6.54 Å². The van der Waals surface area contributed by atoms with Crippen molar-refractivity contribution in [3.8, 4) is 0 Å². The molecule has 1 aromatic carbocycles. The van der Waals surface area contributed by atoms with E-state index in [9.17, 15) is 0 Å². The first-order valence-electron chi connectivity index (χ1n) is 6.34. The van der Waals surface area contributed by atoms with Crippen LogP contribution in [0.3, 0.4) is 0 Å². The van der Waals surface area contributed by atoms with Crippen LogP contribution in [-0.2, 0) is 5.54 Å². The Balaban J connectivity index is 2.92. The van der Waals surface area contributed by atoms with Gasteiger partial charge in [0.15, 0.2) is 0 Å². The second-order valence-corrected chi connectivity index (χ2v) is 4.48. The lowest BCUT2D eigenvalue weighted by molar-refractivity contribution is 0.226. The highest BCUT2D eigenvalue weighted by Crippen LogP contribution is 2.23. The molecule has 1 aromatic rings. The van der Waals surface area contributed by atoms with E-state index in [0.717, 1.165) is 26.1 Å². The Morgan fingerprint density at radius 2 is 1.82 bits per heavy atom. The predicted molar refractivity (Wildman–Crippen MR) is 74.9 cm³/mol. The summed E-state index contributed by atoms with van der Waals surface area (Å²) in [4.78, 5) is 2.36. The second-order valence-electron chi connectivity index (χ2n) is 4.48. The molecular weight excluding hydrogens is 208 g/mol. The third-order valence-corrected chi connectivity index (χ3v) is 3.26. The molecule has 0 aliphatic rings. The Labute approximate surface area is 105 Å². The first-order valence-corrected chi connectivity index (χ1v) is 6.34. The molecule has 0 bridgehead atoms. The van der Waals surface area contributed by atoms with Crippen LogP contribution in [0.2, 0.25) is 0 Å². The SMILES string of the molecule is C=CCC(N)(CN(CC)CC)c1ccccc1. The fraction of sp³-hybridized carbons (Fsp3) is 0.467. The van der Waals surface area contributed by atoms with Gasteiger partial charge in [-0.25, -0.2) is 0 Å². The quantitative estimate of drug-likeness (QED) is 0.732. The highest BCUT2D eigenvalue weighted by molar-refractivity contribution is 5.25. The lowest BCUT2D eigenvalue weighted by Crippen LogP contribution is -2.47. The van der Waals surface area contributed by atoms with Crippen molar-refractivity contribution in [3.05, 3.63) is 48.6 Å². The van der Waals surface area contributed by atoms with E-state index in [1.54, 1.807) is 0 Å². The van der Waals surface area contributed by atoms with Crippen molar-refractivity contribution in [3.63, 3.8) is 0 Å². The first-order chi connectivity index (χ1) is 8.16. The summed E-state index contributed by atoms with van der Waals surface area (Å²) in [5.41, 5.74) is 7.43. The van der Waals surface area contributed by atoms with Crippen molar-refractivity contribution in [2.24, 2.45) is 5.73 Å². The molecule has 0 aromatic heterocycles. The Morgan fingerprint density at radius 1 is 1.24 bits per heavy atom. The summed E-state index contributed by atoms with van der Waals surface area (Å²) >= 11 is 0. The molecule has 0 heterocycles. The lowest BCUT2D eigenvalue weighted by Gasteiger charge is -2.34. The van der Waals surface area contributed by atoms with Crippen LogP contribution >= 0.6 is 0 Å². The largest absolute Gasteiger partial charge is 0.320 e. The van der Waals surface area contributed by atoms with E-state index in [-0.39, 0.29) is 5.54 Å². The van der Waals surface area contributed by atoms with Gasteiger partial charge >= 0.3 is 0 Å². The van der Waals surface area contributed by atoms with Crippen molar-refractivity contribution in [2.45, 2.75) is 25.8 Å². The summed E-state index contributed by atoms with van der Waals surface area (Å²) < 4.78 is 0. The molecule has 2 heteroatoms. The third-order valence-electron chi connectivity index (χ3n) is 3.26. The van der Waals surface area contributed by atoms with Gasteiger partial charge < -0.3 is 10.6 Å². The summed E-state index contributed by atoms with van der Waals surface area (Å²) in [6, 6.07) is 10.3. The van der Waals surface area contributed by atoms with Gasteiger partial charge in [0.25, 0.3) is 0 Å². The molecule has 94 valence electrons. The van der Waals surface area contributed by atoms with E-state index < -0.39 is 0 Å². The van der Waals surface area contributed by atoms with Gasteiger partial charge in [0.05, 0.1) is 5.54 Å². The summed E-state index contributed by atoms with van der Waals surface area (Å²) in [5.74, 6) is 0. The number of nitrogens with two attached hydrogens (primary N) is 1. The van der Waals surface area contributed by atoms with E-state index in [2.05, 4.69) is 37.5 Å². The number of rotatable bonds is 7. The van der Waals surface area contributed by atoms with Crippen LogP contribution in [0.25, 0.3) is 0 Å². The molecule has 1 atom stereocenters. The van der Waals surface area contributed by atoms with Crippen LogP contribution in [0, 0.1) is 0 Å². The Kier molecular flexibility index (Phi) is 5.39. The van der Waals surface area contributed by atoms with Gasteiger partial charge in [-0.05, 0) is 25.1 Å². The van der Waals surface area contributed by atoms with E-state index in [1.165, 1.54) is 5.56 Å². The third kappa shape index (κ3) is 3.69. The number of hydrogen-bond donors (Lipinski definition) is 1. The van der Waals surface area contributed by atoms with Crippen LogP contribution < -0.4 is 5.73 Å². The Bertz CT molecular complexity index is 330. The average Bonchev–Trinajstić information content (AvgIpc) is 2.37. The van der Waals surface area contributed by atoms with Crippen LogP contribution in [0.4, 0.5) is 0 Å². The van der Waals surface area contributed by atoms with Crippen molar-refractivity contribution < 1.29 is 0 Å². The number of benzene rings is 1. The van der Waals surface area contributed by atoms with E-state index in [1.807, 2.05) is 24.3 Å². The van der Waals surface area contributed by atoms with Crippen LogP contribution in [0.1, 0.15) is 25.8 Å². The maximum Gasteiger partial charge on any atom is 0.0573 e. The maximum atomic E-state index is 6.57. The van der Waals surface area contributed by atoms with Crippen molar-refractivity contribution >= 4 is 0 Å². The lowest BCUT2D eigenvalue weighted by atomic mass is 9.87. The average molecular weight is 232 g/mol. The fourth-order valence-corrected chi connectivity index (χ4v) is 2.15. The summed E-state index contributed by atoms with van der Waals surface area (Å²) in [6.45, 7) is 11.1. The Morgan fingerprint density at radius 3 is 2.29 bits per heavy atom. The molecule has 0 aliphatic carbocycles. The zero-order valence-electron chi connectivity index (χ0n) is 11.0. The molecule has 0 saturated carbocycles. The number of hydrogen-bond acceptors (Lipinski definition) is 2. The standard InChI is InChI=1S/C15H24N2/c1-4-12-15(16,13-17(5-2)6-3)14-10-8-7-9-11-14/h4,7-11H,1,5-6,12-13,16H2,2-3H3. The highest BCUT2D eigenvalue weighted by atomic mass is 15.1. The second kappa shape index (κ2) is 6.58.